The molecule has 1 N–H and O–H groups in total. The minimum atomic E-state index is -0.698. The van der Waals surface area contributed by atoms with Gasteiger partial charge < -0.3 is 5.11 Å². The first kappa shape index (κ1) is 5.51. The van der Waals surface area contributed by atoms with E-state index in [-0.39, 0.29) is 11.3 Å². The van der Waals surface area contributed by atoms with Crippen molar-refractivity contribution in [2.45, 2.75) is 11.0 Å². The van der Waals surface area contributed by atoms with Crippen molar-refractivity contribution in [2.75, 3.05) is 0 Å². The van der Waals surface area contributed by atoms with Gasteiger partial charge in [0, 0.05) is 5.92 Å². The molecule has 48 valence electrons. The van der Waals surface area contributed by atoms with E-state index in [1.165, 1.54) is 0 Å². The van der Waals surface area contributed by atoms with E-state index in [1.54, 1.807) is 6.08 Å². The van der Waals surface area contributed by atoms with Gasteiger partial charge in [-0.05, 0) is 0 Å². The Morgan fingerprint density at radius 2 is 2.22 bits per heavy atom. The van der Waals surface area contributed by atoms with E-state index in [1.807, 2.05) is 18.2 Å². The fraction of sp³-hybridized carbons (Fsp3) is 0.429. The second-order valence-corrected chi connectivity index (χ2v) is 3.03. The lowest BCUT2D eigenvalue weighted by Crippen LogP contribution is -2.08. The smallest absolute Gasteiger partial charge is 0.108 e. The monoisotopic (exact) mass is 142 g/mol. The van der Waals surface area contributed by atoms with Crippen LogP contribution in [0.4, 0.5) is 0 Å². The van der Waals surface area contributed by atoms with Crippen molar-refractivity contribution in [3.8, 4) is 0 Å². The van der Waals surface area contributed by atoms with Crippen molar-refractivity contribution < 1.29 is 5.11 Å². The summed E-state index contributed by atoms with van der Waals surface area (Å²) in [6.45, 7) is 0. The molecule has 1 nitrogen and oxygen atoms in total. The van der Waals surface area contributed by atoms with Crippen molar-refractivity contribution in [1.82, 2.24) is 0 Å². The van der Waals surface area contributed by atoms with Crippen LogP contribution < -0.4 is 0 Å². The highest BCUT2D eigenvalue weighted by molar-refractivity contribution is 6.24. The Kier molecular flexibility index (Phi) is 0.866. The number of aliphatic hydroxyl groups is 1. The van der Waals surface area contributed by atoms with E-state index in [0.717, 1.165) is 0 Å². The summed E-state index contributed by atoms with van der Waals surface area (Å²) in [5.74, 6) is 0.171. The summed E-state index contributed by atoms with van der Waals surface area (Å²) < 4.78 is 0. The van der Waals surface area contributed by atoms with Gasteiger partial charge in [0.2, 0.25) is 0 Å². The molecule has 0 heterocycles. The highest BCUT2D eigenvalue weighted by atomic mass is 35.5. The molecule has 0 saturated heterocycles. The van der Waals surface area contributed by atoms with Crippen LogP contribution in [0.25, 0.3) is 0 Å². The fourth-order valence-corrected chi connectivity index (χ4v) is 1.66. The molecule has 1 fully saturated rings. The van der Waals surface area contributed by atoms with Crippen molar-refractivity contribution in [3.63, 3.8) is 0 Å². The van der Waals surface area contributed by atoms with Gasteiger partial charge >= 0.3 is 0 Å². The molecule has 1 saturated carbocycles. The number of alkyl halides is 1. The molecule has 2 rings (SSSR count). The molecule has 3 unspecified atom stereocenters. The summed E-state index contributed by atoms with van der Waals surface area (Å²) in [4.78, 5) is 0. The van der Waals surface area contributed by atoms with Gasteiger partial charge in [-0.2, -0.15) is 0 Å². The highest BCUT2D eigenvalue weighted by Crippen LogP contribution is 2.51. The van der Waals surface area contributed by atoms with Crippen molar-refractivity contribution in [1.29, 1.82) is 0 Å². The molecule has 9 heavy (non-hydrogen) atoms. The van der Waals surface area contributed by atoms with Crippen LogP contribution in [0, 0.1) is 5.92 Å². The van der Waals surface area contributed by atoms with Crippen LogP contribution in [0.15, 0.2) is 24.3 Å². The molecule has 0 aromatic rings. The normalized spacial score (nSPS) is 53.1. The first-order chi connectivity index (χ1) is 4.25. The molecule has 0 aromatic heterocycles. The van der Waals surface area contributed by atoms with Crippen LogP contribution in [0.2, 0.25) is 0 Å². The van der Waals surface area contributed by atoms with E-state index in [9.17, 15) is 5.11 Å². The lowest BCUT2D eigenvalue weighted by atomic mass is 10.1. The van der Waals surface area contributed by atoms with E-state index < -0.39 is 5.60 Å². The fourth-order valence-electron chi connectivity index (χ4n) is 1.23. The third-order valence-corrected chi connectivity index (χ3v) is 2.60. The average Bonchev–Trinajstić information content (AvgIpc) is 2.38. The van der Waals surface area contributed by atoms with Gasteiger partial charge in [0.15, 0.2) is 0 Å². The van der Waals surface area contributed by atoms with Gasteiger partial charge in [-0.15, -0.1) is 11.6 Å². The largest absolute Gasteiger partial charge is 0.384 e. The predicted octanol–water partition coefficient (Wildman–Crippen LogP) is 1.08. The predicted molar refractivity (Wildman–Crippen MR) is 36.4 cm³/mol. The van der Waals surface area contributed by atoms with Crippen LogP contribution in [0.1, 0.15) is 0 Å². The minimum absolute atomic E-state index is 0.0903. The van der Waals surface area contributed by atoms with Gasteiger partial charge in [-0.3, -0.25) is 0 Å². The number of allylic oxidation sites excluding steroid dienone is 2. The molecule has 2 aliphatic rings. The average molecular weight is 143 g/mol. The Morgan fingerprint density at radius 3 is 2.67 bits per heavy atom. The maximum atomic E-state index is 9.45. The van der Waals surface area contributed by atoms with Gasteiger partial charge in [0.05, 0.1) is 5.38 Å². The van der Waals surface area contributed by atoms with Gasteiger partial charge in [-0.1, -0.05) is 24.3 Å². The quantitative estimate of drug-likeness (QED) is 0.502. The van der Waals surface area contributed by atoms with Crippen molar-refractivity contribution in [3.05, 3.63) is 24.3 Å². The number of halogens is 1. The third-order valence-electron chi connectivity index (χ3n) is 1.97. The zero-order valence-electron chi connectivity index (χ0n) is 4.79. The summed E-state index contributed by atoms with van der Waals surface area (Å²) >= 11 is 5.75. The molecule has 0 bridgehead atoms. The molecule has 3 atom stereocenters. The van der Waals surface area contributed by atoms with Gasteiger partial charge in [0.1, 0.15) is 5.60 Å². The summed E-state index contributed by atoms with van der Waals surface area (Å²) in [7, 11) is 0. The summed E-state index contributed by atoms with van der Waals surface area (Å²) in [6.07, 6.45) is 7.45. The maximum absolute atomic E-state index is 9.45. The number of hydrogen-bond acceptors (Lipinski definition) is 1. The number of hydrogen-bond donors (Lipinski definition) is 1. The Morgan fingerprint density at radius 1 is 1.44 bits per heavy atom. The molecule has 0 aromatic carbocycles. The SMILES string of the molecule is OC12C=CC=CC1C2Cl. The third kappa shape index (κ3) is 0.537. The van der Waals surface area contributed by atoms with E-state index in [0.29, 0.717) is 0 Å². The molecule has 0 radical (unpaired) electrons. The van der Waals surface area contributed by atoms with Crippen LogP contribution in [-0.2, 0) is 0 Å². The van der Waals surface area contributed by atoms with E-state index >= 15 is 0 Å². The van der Waals surface area contributed by atoms with Crippen LogP contribution in [0.5, 0.6) is 0 Å². The van der Waals surface area contributed by atoms with Gasteiger partial charge in [-0.25, -0.2) is 0 Å². The molecule has 0 amide bonds. The van der Waals surface area contributed by atoms with Crippen LogP contribution in [-0.4, -0.2) is 16.1 Å². The zero-order chi connectivity index (χ0) is 6.48. The molecular weight excluding hydrogens is 136 g/mol. The number of rotatable bonds is 0. The summed E-state index contributed by atoms with van der Waals surface area (Å²) in [5, 5.41) is 9.36. The Labute approximate surface area is 58.6 Å². The lowest BCUT2D eigenvalue weighted by Gasteiger charge is -2.01. The topological polar surface area (TPSA) is 20.2 Å². The summed E-state index contributed by atoms with van der Waals surface area (Å²) in [6, 6.07) is 0. The molecular formula is C7H7ClO. The van der Waals surface area contributed by atoms with Crippen LogP contribution >= 0.6 is 11.6 Å². The van der Waals surface area contributed by atoms with Crippen LogP contribution in [0.3, 0.4) is 0 Å². The summed E-state index contributed by atoms with van der Waals surface area (Å²) in [5.41, 5.74) is -0.698. The van der Waals surface area contributed by atoms with Gasteiger partial charge in [0.25, 0.3) is 0 Å². The standard InChI is InChI=1S/C7H7ClO/c8-6-5-3-1-2-4-7(5,6)9/h1-6,9H. The molecule has 0 spiro atoms. The minimum Gasteiger partial charge on any atom is -0.384 e. The number of fused-ring (bicyclic) bond motifs is 1. The Hall–Kier alpha value is -0.270. The highest BCUT2D eigenvalue weighted by Gasteiger charge is 2.60. The first-order valence-electron chi connectivity index (χ1n) is 2.97. The second kappa shape index (κ2) is 1.41. The Balaban J connectivity index is 2.33. The van der Waals surface area contributed by atoms with Crippen molar-refractivity contribution >= 4 is 11.6 Å². The van der Waals surface area contributed by atoms with Crippen molar-refractivity contribution in [2.24, 2.45) is 5.92 Å². The van der Waals surface area contributed by atoms with E-state index in [4.69, 9.17) is 11.6 Å². The molecule has 2 heteroatoms. The lowest BCUT2D eigenvalue weighted by molar-refractivity contribution is 0.190. The molecule has 0 aliphatic heterocycles. The second-order valence-electron chi connectivity index (χ2n) is 2.56. The first-order valence-corrected chi connectivity index (χ1v) is 3.41. The van der Waals surface area contributed by atoms with E-state index in [2.05, 4.69) is 0 Å². The maximum Gasteiger partial charge on any atom is 0.108 e. The Bertz CT molecular complexity index is 197. The molecule has 2 aliphatic carbocycles. The zero-order valence-corrected chi connectivity index (χ0v) is 5.55.